The van der Waals surface area contributed by atoms with E-state index in [1.807, 2.05) is 6.92 Å². The number of anilines is 1. The molecular weight excluding hydrogens is 220 g/mol. The van der Waals surface area contributed by atoms with Crippen molar-refractivity contribution in [2.75, 3.05) is 5.32 Å². The van der Waals surface area contributed by atoms with Crippen molar-refractivity contribution >= 4 is 11.7 Å². The average Bonchev–Trinajstić information content (AvgIpc) is 2.83. The van der Waals surface area contributed by atoms with Gasteiger partial charge in [-0.2, -0.15) is 0 Å². The topological polar surface area (TPSA) is 80.0 Å². The molecule has 2 aromatic rings. The zero-order valence-corrected chi connectivity index (χ0v) is 9.25. The summed E-state index contributed by atoms with van der Waals surface area (Å²) >= 11 is 0. The number of hydrogen-bond donors (Lipinski definition) is 2. The van der Waals surface area contributed by atoms with Gasteiger partial charge in [-0.15, -0.1) is 0 Å². The van der Waals surface area contributed by atoms with E-state index in [0.717, 1.165) is 0 Å². The number of nitrogens with one attached hydrogen (secondary N) is 2. The van der Waals surface area contributed by atoms with Gasteiger partial charge in [0.1, 0.15) is 12.0 Å². The summed E-state index contributed by atoms with van der Waals surface area (Å²) in [4.78, 5) is 15.5. The molecule has 0 saturated heterocycles. The Morgan fingerprint density at radius 3 is 3.00 bits per heavy atom. The molecule has 1 atom stereocenters. The van der Waals surface area contributed by atoms with Crippen LogP contribution < -0.4 is 10.6 Å². The fourth-order valence-corrected chi connectivity index (χ4v) is 1.32. The Labute approximate surface area is 98.0 Å². The lowest BCUT2D eigenvalue weighted by atomic mass is 10.2. The van der Waals surface area contributed by atoms with Gasteiger partial charge in [0.05, 0.1) is 17.9 Å². The Hall–Kier alpha value is -2.37. The van der Waals surface area contributed by atoms with Crippen LogP contribution in [-0.2, 0) is 0 Å². The van der Waals surface area contributed by atoms with Gasteiger partial charge in [-0.3, -0.25) is 4.98 Å². The minimum Gasteiger partial charge on any atom is -0.364 e. The van der Waals surface area contributed by atoms with Gasteiger partial charge in [0.2, 0.25) is 0 Å². The number of hydrogen-bond acceptors (Lipinski definition) is 4. The number of rotatable bonds is 3. The van der Waals surface area contributed by atoms with E-state index in [2.05, 4.69) is 20.8 Å². The van der Waals surface area contributed by atoms with Crippen molar-refractivity contribution in [1.82, 2.24) is 15.5 Å². The number of urea groups is 1. The molecule has 0 saturated carbocycles. The van der Waals surface area contributed by atoms with Gasteiger partial charge in [-0.25, -0.2) is 4.79 Å². The molecule has 17 heavy (non-hydrogen) atoms. The van der Waals surface area contributed by atoms with Gasteiger partial charge < -0.3 is 15.2 Å². The summed E-state index contributed by atoms with van der Waals surface area (Å²) in [6.07, 6.45) is 4.67. The molecule has 1 unspecified atom stereocenters. The standard InChI is InChI=1S/C11H12N4O2/c1-8(10-4-6-17-15-10)13-11(16)14-9-3-2-5-12-7-9/h2-8H,1H3,(H2,13,14,16). The van der Waals surface area contributed by atoms with Crippen molar-refractivity contribution in [3.8, 4) is 0 Å². The number of carbonyl (C=O) groups excluding carboxylic acids is 1. The Balaban J connectivity index is 1.90. The Morgan fingerprint density at radius 2 is 2.35 bits per heavy atom. The monoisotopic (exact) mass is 232 g/mol. The summed E-state index contributed by atoms with van der Waals surface area (Å²) in [7, 11) is 0. The first kappa shape index (κ1) is 11.1. The largest absolute Gasteiger partial charge is 0.364 e. The normalized spacial score (nSPS) is 11.8. The first-order valence-electron chi connectivity index (χ1n) is 5.13. The SMILES string of the molecule is CC(NC(=O)Nc1cccnc1)c1ccon1. The van der Waals surface area contributed by atoms with Crippen LogP contribution in [0.15, 0.2) is 41.4 Å². The number of aromatic nitrogens is 2. The molecule has 2 heterocycles. The van der Waals surface area contributed by atoms with Gasteiger partial charge in [0.15, 0.2) is 0 Å². The molecule has 6 nitrogen and oxygen atoms in total. The van der Waals surface area contributed by atoms with E-state index >= 15 is 0 Å². The predicted molar refractivity (Wildman–Crippen MR) is 61.3 cm³/mol. The average molecular weight is 232 g/mol. The van der Waals surface area contributed by atoms with Crippen molar-refractivity contribution in [3.63, 3.8) is 0 Å². The van der Waals surface area contributed by atoms with Gasteiger partial charge in [-0.1, -0.05) is 5.16 Å². The van der Waals surface area contributed by atoms with Crippen LogP contribution in [0.1, 0.15) is 18.7 Å². The van der Waals surface area contributed by atoms with Crippen LogP contribution in [0.5, 0.6) is 0 Å². The third-order valence-corrected chi connectivity index (χ3v) is 2.17. The second kappa shape index (κ2) is 5.11. The molecule has 0 aromatic carbocycles. The van der Waals surface area contributed by atoms with Crippen molar-refractivity contribution in [2.24, 2.45) is 0 Å². The molecule has 0 aliphatic heterocycles. The molecule has 0 fully saturated rings. The zero-order valence-electron chi connectivity index (χ0n) is 9.25. The van der Waals surface area contributed by atoms with Crippen LogP contribution in [0.4, 0.5) is 10.5 Å². The lowest BCUT2D eigenvalue weighted by Crippen LogP contribution is -2.31. The Morgan fingerprint density at radius 1 is 1.47 bits per heavy atom. The van der Waals surface area contributed by atoms with Gasteiger partial charge >= 0.3 is 6.03 Å². The summed E-state index contributed by atoms with van der Waals surface area (Å²) in [5.41, 5.74) is 1.31. The van der Waals surface area contributed by atoms with Gasteiger partial charge in [-0.05, 0) is 19.1 Å². The predicted octanol–water partition coefficient (Wildman–Crippen LogP) is 1.95. The maximum atomic E-state index is 11.6. The molecule has 6 heteroatoms. The lowest BCUT2D eigenvalue weighted by molar-refractivity contribution is 0.249. The van der Waals surface area contributed by atoms with Gasteiger partial charge in [0.25, 0.3) is 0 Å². The lowest BCUT2D eigenvalue weighted by Gasteiger charge is -2.11. The summed E-state index contributed by atoms with van der Waals surface area (Å²) in [6.45, 7) is 1.82. The molecule has 2 amide bonds. The van der Waals surface area contributed by atoms with E-state index in [1.54, 1.807) is 30.6 Å². The van der Waals surface area contributed by atoms with Crippen molar-refractivity contribution < 1.29 is 9.32 Å². The van der Waals surface area contributed by atoms with Crippen LogP contribution in [0, 0.1) is 0 Å². The second-order valence-electron chi connectivity index (χ2n) is 3.49. The highest BCUT2D eigenvalue weighted by molar-refractivity contribution is 5.89. The molecule has 0 spiro atoms. The van der Waals surface area contributed by atoms with E-state index in [1.165, 1.54) is 6.26 Å². The molecule has 0 aliphatic rings. The summed E-state index contributed by atoms with van der Waals surface area (Å²) in [6, 6.07) is 4.68. The number of amides is 2. The van der Waals surface area contributed by atoms with Crippen LogP contribution in [0.2, 0.25) is 0 Å². The van der Waals surface area contributed by atoms with Crippen LogP contribution >= 0.6 is 0 Å². The third-order valence-electron chi connectivity index (χ3n) is 2.17. The highest BCUT2D eigenvalue weighted by Gasteiger charge is 2.11. The zero-order chi connectivity index (χ0) is 12.1. The molecule has 2 aromatic heterocycles. The molecular formula is C11H12N4O2. The van der Waals surface area contributed by atoms with Crippen molar-refractivity contribution in [2.45, 2.75) is 13.0 Å². The Kier molecular flexibility index (Phi) is 3.34. The molecule has 2 rings (SSSR count). The number of pyridine rings is 1. The first-order valence-corrected chi connectivity index (χ1v) is 5.13. The van der Waals surface area contributed by atoms with Crippen molar-refractivity contribution in [1.29, 1.82) is 0 Å². The van der Waals surface area contributed by atoms with E-state index in [9.17, 15) is 4.79 Å². The minimum absolute atomic E-state index is 0.217. The summed E-state index contributed by atoms with van der Waals surface area (Å²) < 4.78 is 4.70. The smallest absolute Gasteiger partial charge is 0.319 e. The van der Waals surface area contributed by atoms with Crippen molar-refractivity contribution in [3.05, 3.63) is 42.5 Å². The highest BCUT2D eigenvalue weighted by Crippen LogP contribution is 2.09. The van der Waals surface area contributed by atoms with Crippen LogP contribution in [-0.4, -0.2) is 16.2 Å². The summed E-state index contributed by atoms with van der Waals surface area (Å²) in [5, 5.41) is 9.14. The second-order valence-corrected chi connectivity index (χ2v) is 3.49. The van der Waals surface area contributed by atoms with E-state index < -0.39 is 0 Å². The van der Waals surface area contributed by atoms with E-state index in [0.29, 0.717) is 11.4 Å². The highest BCUT2D eigenvalue weighted by atomic mass is 16.5. The molecule has 0 aliphatic carbocycles. The fraction of sp³-hybridized carbons (Fsp3) is 0.182. The molecule has 0 radical (unpaired) electrons. The maximum absolute atomic E-state index is 11.6. The molecule has 2 N–H and O–H groups in total. The molecule has 88 valence electrons. The number of carbonyl (C=O) groups is 1. The van der Waals surface area contributed by atoms with E-state index in [4.69, 9.17) is 4.52 Å². The fourth-order valence-electron chi connectivity index (χ4n) is 1.32. The van der Waals surface area contributed by atoms with Crippen LogP contribution in [0.3, 0.4) is 0 Å². The van der Waals surface area contributed by atoms with Gasteiger partial charge in [0, 0.05) is 12.3 Å². The Bertz CT molecular complexity index is 469. The summed E-state index contributed by atoms with van der Waals surface area (Å²) in [5.74, 6) is 0. The van der Waals surface area contributed by atoms with Crippen LogP contribution in [0.25, 0.3) is 0 Å². The molecule has 0 bridgehead atoms. The quantitative estimate of drug-likeness (QED) is 0.847. The minimum atomic E-state index is -0.312. The number of nitrogens with zero attached hydrogens (tertiary/aromatic N) is 2. The maximum Gasteiger partial charge on any atom is 0.319 e. The van der Waals surface area contributed by atoms with E-state index in [-0.39, 0.29) is 12.1 Å². The first-order chi connectivity index (χ1) is 8.25. The third kappa shape index (κ3) is 3.04.